The molecule has 1 aromatic rings. The number of aryl methyl sites for hydroxylation is 2. The minimum atomic E-state index is -0.870. The first kappa shape index (κ1) is 14.8. The van der Waals surface area contributed by atoms with Crippen LogP contribution >= 0.6 is 0 Å². The zero-order valence-corrected chi connectivity index (χ0v) is 12.6. The van der Waals surface area contributed by atoms with Crippen LogP contribution in [-0.4, -0.2) is 28.6 Å². The van der Waals surface area contributed by atoms with Crippen LogP contribution in [0.4, 0.5) is 5.69 Å². The highest BCUT2D eigenvalue weighted by Gasteiger charge is 2.27. The number of pyridine rings is 1. The molecule has 1 aliphatic heterocycles. The van der Waals surface area contributed by atoms with Crippen LogP contribution in [0.2, 0.25) is 0 Å². The van der Waals surface area contributed by atoms with Crippen LogP contribution in [0.1, 0.15) is 60.8 Å². The minimum Gasteiger partial charge on any atom is -0.478 e. The van der Waals surface area contributed by atoms with Crippen molar-refractivity contribution in [3.8, 4) is 0 Å². The van der Waals surface area contributed by atoms with Gasteiger partial charge >= 0.3 is 5.97 Å². The number of carboxylic acid groups (broad SMARTS) is 1. The molecule has 4 nitrogen and oxygen atoms in total. The third-order valence-corrected chi connectivity index (χ3v) is 4.08. The molecule has 0 radical (unpaired) electrons. The van der Waals surface area contributed by atoms with Crippen molar-refractivity contribution in [1.82, 2.24) is 4.98 Å². The van der Waals surface area contributed by atoms with E-state index in [0.29, 0.717) is 17.3 Å². The number of anilines is 1. The molecule has 0 amide bonds. The van der Waals surface area contributed by atoms with Crippen molar-refractivity contribution < 1.29 is 9.90 Å². The highest BCUT2D eigenvalue weighted by molar-refractivity contribution is 5.95. The van der Waals surface area contributed by atoms with E-state index in [1.807, 2.05) is 13.0 Å². The summed E-state index contributed by atoms with van der Waals surface area (Å²) >= 11 is 0. The highest BCUT2D eigenvalue weighted by atomic mass is 16.4. The average molecular weight is 276 g/mol. The number of rotatable bonds is 4. The van der Waals surface area contributed by atoms with Gasteiger partial charge in [0.25, 0.3) is 0 Å². The molecule has 0 aromatic carbocycles. The molecule has 0 aliphatic carbocycles. The first-order valence-corrected chi connectivity index (χ1v) is 7.52. The Morgan fingerprint density at radius 2 is 2.20 bits per heavy atom. The van der Waals surface area contributed by atoms with Crippen molar-refractivity contribution in [2.45, 2.75) is 58.9 Å². The van der Waals surface area contributed by atoms with Gasteiger partial charge in [0.2, 0.25) is 0 Å². The summed E-state index contributed by atoms with van der Waals surface area (Å²) in [5.41, 5.74) is 2.75. The molecule has 1 atom stereocenters. The summed E-state index contributed by atoms with van der Waals surface area (Å²) in [6.45, 7) is 6.86. The van der Waals surface area contributed by atoms with E-state index in [1.165, 1.54) is 6.42 Å². The standard InChI is InChI=1S/C16H24N2O2/c1-4-7-13-8-5-6-9-18(13)14-10-11(2)17-12(3)15(14)16(19)20/h10,13H,4-9H2,1-3H3,(H,19,20). The Labute approximate surface area is 120 Å². The number of carboxylic acids is 1. The maximum atomic E-state index is 11.6. The summed E-state index contributed by atoms with van der Waals surface area (Å²) in [4.78, 5) is 18.2. The zero-order valence-electron chi connectivity index (χ0n) is 12.6. The van der Waals surface area contributed by atoms with Gasteiger partial charge in [-0.25, -0.2) is 4.79 Å². The smallest absolute Gasteiger partial charge is 0.339 e. The van der Waals surface area contributed by atoms with Crippen molar-refractivity contribution in [2.75, 3.05) is 11.4 Å². The Morgan fingerprint density at radius 3 is 2.85 bits per heavy atom. The van der Waals surface area contributed by atoms with Gasteiger partial charge in [0.15, 0.2) is 0 Å². The molecule has 1 aliphatic rings. The number of nitrogens with zero attached hydrogens (tertiary/aromatic N) is 2. The van der Waals surface area contributed by atoms with Crippen molar-refractivity contribution in [1.29, 1.82) is 0 Å². The van der Waals surface area contributed by atoms with Gasteiger partial charge < -0.3 is 10.0 Å². The van der Waals surface area contributed by atoms with Gasteiger partial charge in [-0.1, -0.05) is 13.3 Å². The molecule has 2 rings (SSSR count). The van der Waals surface area contributed by atoms with E-state index in [9.17, 15) is 9.90 Å². The van der Waals surface area contributed by atoms with Crippen molar-refractivity contribution in [3.05, 3.63) is 23.0 Å². The number of aromatic nitrogens is 1. The first-order valence-electron chi connectivity index (χ1n) is 7.52. The van der Waals surface area contributed by atoms with Crippen molar-refractivity contribution in [2.24, 2.45) is 0 Å². The number of hydrogen-bond acceptors (Lipinski definition) is 3. The summed E-state index contributed by atoms with van der Waals surface area (Å²) < 4.78 is 0. The monoisotopic (exact) mass is 276 g/mol. The molecule has 4 heteroatoms. The number of carbonyl (C=O) groups is 1. The van der Waals surface area contributed by atoms with E-state index < -0.39 is 5.97 Å². The fourth-order valence-electron chi connectivity index (χ4n) is 3.25. The van der Waals surface area contributed by atoms with E-state index in [2.05, 4.69) is 16.8 Å². The first-order chi connectivity index (χ1) is 9.54. The predicted molar refractivity (Wildman–Crippen MR) is 80.6 cm³/mol. The molecule has 0 spiro atoms. The molecule has 0 bridgehead atoms. The molecular weight excluding hydrogens is 252 g/mol. The second-order valence-corrected chi connectivity index (χ2v) is 5.68. The van der Waals surface area contributed by atoms with Crippen LogP contribution in [0.15, 0.2) is 6.07 Å². The van der Waals surface area contributed by atoms with E-state index in [4.69, 9.17) is 0 Å². The summed E-state index contributed by atoms with van der Waals surface area (Å²) in [5, 5.41) is 9.52. The summed E-state index contributed by atoms with van der Waals surface area (Å²) in [6.07, 6.45) is 5.80. The Hall–Kier alpha value is -1.58. The van der Waals surface area contributed by atoms with E-state index in [1.54, 1.807) is 6.92 Å². The molecule has 0 saturated carbocycles. The third-order valence-electron chi connectivity index (χ3n) is 4.08. The average Bonchev–Trinajstić information content (AvgIpc) is 2.38. The highest BCUT2D eigenvalue weighted by Crippen LogP contribution is 2.31. The fraction of sp³-hybridized carbons (Fsp3) is 0.625. The Balaban J connectivity index is 2.46. The molecule has 1 aromatic heterocycles. The van der Waals surface area contributed by atoms with Crippen LogP contribution in [-0.2, 0) is 0 Å². The molecule has 2 heterocycles. The van der Waals surface area contributed by atoms with Gasteiger partial charge in [0.05, 0.1) is 11.4 Å². The van der Waals surface area contributed by atoms with Crippen LogP contribution < -0.4 is 4.90 Å². The summed E-state index contributed by atoms with van der Waals surface area (Å²) in [6, 6.07) is 2.40. The van der Waals surface area contributed by atoms with Gasteiger partial charge in [-0.3, -0.25) is 4.98 Å². The van der Waals surface area contributed by atoms with Crippen LogP contribution in [0.3, 0.4) is 0 Å². The Morgan fingerprint density at radius 1 is 1.45 bits per heavy atom. The van der Waals surface area contributed by atoms with Crippen LogP contribution in [0.25, 0.3) is 0 Å². The molecule has 1 fully saturated rings. The van der Waals surface area contributed by atoms with Gasteiger partial charge in [-0.15, -0.1) is 0 Å². The molecular formula is C16H24N2O2. The second kappa shape index (κ2) is 6.25. The molecule has 1 N–H and O–H groups in total. The fourth-order valence-corrected chi connectivity index (χ4v) is 3.25. The number of aromatic carboxylic acids is 1. The lowest BCUT2D eigenvalue weighted by atomic mass is 9.96. The Bertz CT molecular complexity index is 497. The van der Waals surface area contributed by atoms with Crippen LogP contribution in [0.5, 0.6) is 0 Å². The maximum Gasteiger partial charge on any atom is 0.339 e. The van der Waals surface area contributed by atoms with Crippen LogP contribution in [0, 0.1) is 13.8 Å². The van der Waals surface area contributed by atoms with Gasteiger partial charge in [-0.05, 0) is 45.6 Å². The van der Waals surface area contributed by atoms with Gasteiger partial charge in [0, 0.05) is 18.3 Å². The normalized spacial score (nSPS) is 19.1. The lowest BCUT2D eigenvalue weighted by Gasteiger charge is -2.38. The largest absolute Gasteiger partial charge is 0.478 e. The Kier molecular flexibility index (Phi) is 4.63. The topological polar surface area (TPSA) is 53.4 Å². The number of hydrogen-bond donors (Lipinski definition) is 1. The molecule has 20 heavy (non-hydrogen) atoms. The lowest BCUT2D eigenvalue weighted by molar-refractivity contribution is 0.0696. The van der Waals surface area contributed by atoms with E-state index in [-0.39, 0.29) is 0 Å². The van der Waals surface area contributed by atoms with Gasteiger partial charge in [0.1, 0.15) is 5.56 Å². The number of piperidine rings is 1. The second-order valence-electron chi connectivity index (χ2n) is 5.68. The molecule has 1 unspecified atom stereocenters. The maximum absolute atomic E-state index is 11.6. The van der Waals surface area contributed by atoms with E-state index in [0.717, 1.165) is 43.6 Å². The van der Waals surface area contributed by atoms with E-state index >= 15 is 0 Å². The zero-order chi connectivity index (χ0) is 14.7. The summed E-state index contributed by atoms with van der Waals surface area (Å²) in [7, 11) is 0. The van der Waals surface area contributed by atoms with Crippen molar-refractivity contribution >= 4 is 11.7 Å². The lowest BCUT2D eigenvalue weighted by Crippen LogP contribution is -2.40. The minimum absolute atomic E-state index is 0.374. The molecule has 1 saturated heterocycles. The van der Waals surface area contributed by atoms with Gasteiger partial charge in [-0.2, -0.15) is 0 Å². The quantitative estimate of drug-likeness (QED) is 0.913. The molecule has 110 valence electrons. The summed E-state index contributed by atoms with van der Waals surface area (Å²) in [5.74, 6) is -0.870. The van der Waals surface area contributed by atoms with Crippen molar-refractivity contribution in [3.63, 3.8) is 0 Å². The third kappa shape index (κ3) is 2.94. The predicted octanol–water partition coefficient (Wildman–Crippen LogP) is 3.56. The SMILES string of the molecule is CCCC1CCCCN1c1cc(C)nc(C)c1C(=O)O.